The zero-order chi connectivity index (χ0) is 16.0. The molecule has 1 saturated heterocycles. The van der Waals surface area contributed by atoms with Crippen molar-refractivity contribution in [2.45, 2.75) is 12.1 Å². The summed E-state index contributed by atoms with van der Waals surface area (Å²) >= 11 is 0. The lowest BCUT2D eigenvalue weighted by molar-refractivity contribution is -0.150. The maximum atomic E-state index is 12.9. The number of benzene rings is 2. The van der Waals surface area contributed by atoms with Gasteiger partial charge >= 0.3 is 0 Å². The molecule has 5 heteroatoms. The molecule has 4 rings (SSSR count). The second-order valence-electron chi connectivity index (χ2n) is 6.03. The first kappa shape index (κ1) is 14.0. The number of rotatable bonds is 2. The Hall–Kier alpha value is -2.66. The Morgan fingerprint density at radius 1 is 1.09 bits per heavy atom. The Morgan fingerprint density at radius 2 is 1.78 bits per heavy atom. The van der Waals surface area contributed by atoms with Crippen LogP contribution in [0.5, 0.6) is 0 Å². The maximum absolute atomic E-state index is 12.9. The van der Waals surface area contributed by atoms with Crippen molar-refractivity contribution in [1.29, 1.82) is 0 Å². The molecule has 2 N–H and O–H groups in total. The zero-order valence-electron chi connectivity index (χ0n) is 12.4. The summed E-state index contributed by atoms with van der Waals surface area (Å²) < 4.78 is 0. The average molecular weight is 308 g/mol. The number of hydrogen-bond donors (Lipinski definition) is 2. The normalized spacial score (nSPS) is 25.8. The second-order valence-corrected chi connectivity index (χ2v) is 6.03. The van der Waals surface area contributed by atoms with Crippen molar-refractivity contribution < 1.29 is 14.7 Å². The van der Waals surface area contributed by atoms with E-state index in [0.29, 0.717) is 17.8 Å². The van der Waals surface area contributed by atoms with Crippen molar-refractivity contribution in [2.24, 2.45) is 5.92 Å². The summed E-state index contributed by atoms with van der Waals surface area (Å²) in [5, 5.41) is 13.9. The van der Waals surface area contributed by atoms with Gasteiger partial charge in [0.05, 0.1) is 5.92 Å². The summed E-state index contributed by atoms with van der Waals surface area (Å²) in [5.41, 5.74) is 0.182. The van der Waals surface area contributed by atoms with Crippen molar-refractivity contribution in [3.05, 3.63) is 65.7 Å². The number of nitrogens with one attached hydrogen (secondary N) is 1. The Morgan fingerprint density at radius 3 is 2.57 bits per heavy atom. The molecule has 2 aromatic rings. The SMILES string of the molecule is O=C1Nc2ccccc2[C@]2(O)C(=O)N(Cc3ccccc3)C[C@H]12. The van der Waals surface area contributed by atoms with Crippen LogP contribution in [0.1, 0.15) is 11.1 Å². The molecule has 0 aromatic heterocycles. The lowest BCUT2D eigenvalue weighted by Gasteiger charge is -2.33. The van der Waals surface area contributed by atoms with E-state index in [4.69, 9.17) is 0 Å². The number of carbonyl (C=O) groups is 2. The minimum atomic E-state index is -1.77. The fraction of sp³-hybridized carbons (Fsp3) is 0.222. The predicted octanol–water partition coefficient (Wildman–Crippen LogP) is 1.48. The van der Waals surface area contributed by atoms with Gasteiger partial charge in [-0.25, -0.2) is 0 Å². The summed E-state index contributed by atoms with van der Waals surface area (Å²) in [7, 11) is 0. The number of anilines is 1. The van der Waals surface area contributed by atoms with Gasteiger partial charge in [0.25, 0.3) is 5.91 Å². The van der Waals surface area contributed by atoms with Gasteiger partial charge in [0.2, 0.25) is 5.91 Å². The number of hydrogen-bond acceptors (Lipinski definition) is 3. The van der Waals surface area contributed by atoms with Gasteiger partial charge in [-0.15, -0.1) is 0 Å². The number of aliphatic hydroxyl groups is 1. The molecule has 0 saturated carbocycles. The monoisotopic (exact) mass is 308 g/mol. The van der Waals surface area contributed by atoms with E-state index in [-0.39, 0.29) is 12.5 Å². The fourth-order valence-electron chi connectivity index (χ4n) is 3.49. The Labute approximate surface area is 133 Å². The highest BCUT2D eigenvalue weighted by Gasteiger charge is 2.59. The maximum Gasteiger partial charge on any atom is 0.260 e. The van der Waals surface area contributed by atoms with Crippen LogP contribution in [-0.2, 0) is 21.7 Å². The first-order valence-electron chi connectivity index (χ1n) is 7.57. The van der Waals surface area contributed by atoms with Gasteiger partial charge in [-0.05, 0) is 11.6 Å². The molecule has 23 heavy (non-hydrogen) atoms. The molecule has 2 atom stereocenters. The number of para-hydroxylation sites is 1. The first-order valence-corrected chi connectivity index (χ1v) is 7.57. The van der Waals surface area contributed by atoms with Gasteiger partial charge in [-0.2, -0.15) is 0 Å². The van der Waals surface area contributed by atoms with Gasteiger partial charge in [-0.3, -0.25) is 9.59 Å². The van der Waals surface area contributed by atoms with Crippen molar-refractivity contribution in [1.82, 2.24) is 4.90 Å². The molecule has 0 aliphatic carbocycles. The molecule has 1 fully saturated rings. The van der Waals surface area contributed by atoms with Crippen molar-refractivity contribution >= 4 is 17.5 Å². The summed E-state index contributed by atoms with van der Waals surface area (Å²) in [5.74, 6) is -1.50. The number of amides is 2. The van der Waals surface area contributed by atoms with Crippen LogP contribution in [0, 0.1) is 5.92 Å². The van der Waals surface area contributed by atoms with Crippen LogP contribution in [0.15, 0.2) is 54.6 Å². The summed E-state index contributed by atoms with van der Waals surface area (Å²) in [4.78, 5) is 26.8. The van der Waals surface area contributed by atoms with Crippen LogP contribution < -0.4 is 5.32 Å². The van der Waals surface area contributed by atoms with E-state index in [9.17, 15) is 14.7 Å². The third kappa shape index (κ3) is 1.97. The molecular weight excluding hydrogens is 292 g/mol. The minimum Gasteiger partial charge on any atom is -0.375 e. The zero-order valence-corrected chi connectivity index (χ0v) is 12.4. The van der Waals surface area contributed by atoms with Crippen molar-refractivity contribution in [2.75, 3.05) is 11.9 Å². The average Bonchev–Trinajstić information content (AvgIpc) is 2.82. The van der Waals surface area contributed by atoms with E-state index in [1.54, 1.807) is 29.2 Å². The fourth-order valence-corrected chi connectivity index (χ4v) is 3.49. The third-order valence-electron chi connectivity index (χ3n) is 4.65. The molecular formula is C18H16N2O3. The van der Waals surface area contributed by atoms with Crippen LogP contribution in [0.2, 0.25) is 0 Å². The van der Waals surface area contributed by atoms with Crippen LogP contribution >= 0.6 is 0 Å². The predicted molar refractivity (Wildman–Crippen MR) is 84.3 cm³/mol. The second kappa shape index (κ2) is 4.93. The van der Waals surface area contributed by atoms with E-state index in [2.05, 4.69) is 5.32 Å². The van der Waals surface area contributed by atoms with E-state index >= 15 is 0 Å². The molecule has 5 nitrogen and oxygen atoms in total. The molecule has 0 bridgehead atoms. The van der Waals surface area contributed by atoms with E-state index < -0.39 is 17.4 Å². The highest BCUT2D eigenvalue weighted by molar-refractivity contribution is 6.06. The Balaban J connectivity index is 1.73. The number of fused-ring (bicyclic) bond motifs is 3. The quantitative estimate of drug-likeness (QED) is 0.883. The molecule has 2 aliphatic heterocycles. The third-order valence-corrected chi connectivity index (χ3v) is 4.65. The van der Waals surface area contributed by atoms with Crippen LogP contribution in [0.3, 0.4) is 0 Å². The minimum absolute atomic E-state index is 0.213. The molecule has 2 heterocycles. The van der Waals surface area contributed by atoms with Gasteiger partial charge in [0.15, 0.2) is 5.60 Å². The van der Waals surface area contributed by atoms with Gasteiger partial charge in [0.1, 0.15) is 0 Å². The highest BCUT2D eigenvalue weighted by atomic mass is 16.3. The van der Waals surface area contributed by atoms with E-state index in [1.165, 1.54) is 0 Å². The first-order chi connectivity index (χ1) is 11.1. The lowest BCUT2D eigenvalue weighted by Crippen LogP contribution is -2.48. The smallest absolute Gasteiger partial charge is 0.260 e. The number of likely N-dealkylation sites (tertiary alicyclic amines) is 1. The topological polar surface area (TPSA) is 69.6 Å². The van der Waals surface area contributed by atoms with E-state index in [1.807, 2.05) is 30.3 Å². The molecule has 0 spiro atoms. The van der Waals surface area contributed by atoms with Crippen LogP contribution in [0.4, 0.5) is 5.69 Å². The van der Waals surface area contributed by atoms with Crippen LogP contribution in [0.25, 0.3) is 0 Å². The Bertz CT molecular complexity index is 790. The van der Waals surface area contributed by atoms with Gasteiger partial charge in [-0.1, -0.05) is 48.5 Å². The molecule has 2 aromatic carbocycles. The Kier molecular flexibility index (Phi) is 2.99. The number of carbonyl (C=O) groups excluding carboxylic acids is 2. The van der Waals surface area contributed by atoms with Crippen LogP contribution in [-0.4, -0.2) is 28.4 Å². The molecule has 0 unspecified atom stereocenters. The van der Waals surface area contributed by atoms with Gasteiger partial charge in [0, 0.05) is 24.3 Å². The summed E-state index contributed by atoms with van der Waals surface area (Å²) in [6.07, 6.45) is 0. The lowest BCUT2D eigenvalue weighted by atomic mass is 9.79. The van der Waals surface area contributed by atoms with Crippen molar-refractivity contribution in [3.8, 4) is 0 Å². The van der Waals surface area contributed by atoms with Gasteiger partial charge < -0.3 is 15.3 Å². The molecule has 0 radical (unpaired) electrons. The van der Waals surface area contributed by atoms with Crippen molar-refractivity contribution in [3.63, 3.8) is 0 Å². The number of nitrogens with zero attached hydrogens (tertiary/aromatic N) is 1. The highest BCUT2D eigenvalue weighted by Crippen LogP contribution is 2.45. The van der Waals surface area contributed by atoms with E-state index in [0.717, 1.165) is 5.56 Å². The standard InChI is InChI=1S/C18H16N2O3/c21-16-14-11-20(10-12-6-2-1-3-7-12)17(22)18(14,23)13-8-4-5-9-15(13)19-16/h1-9,14,23H,10-11H2,(H,19,21)/t14-,18-/m1/s1. The summed E-state index contributed by atoms with van der Waals surface area (Å²) in [6.45, 7) is 0.596. The largest absolute Gasteiger partial charge is 0.375 e. The molecule has 2 aliphatic rings. The summed E-state index contributed by atoms with van der Waals surface area (Å²) in [6, 6.07) is 16.5. The molecule has 116 valence electrons. The molecule has 2 amide bonds.